The zero-order valence-corrected chi connectivity index (χ0v) is 12.3. The Kier molecular flexibility index (Phi) is 5.07. The van der Waals surface area contributed by atoms with Crippen molar-refractivity contribution in [2.75, 3.05) is 5.32 Å². The second-order valence-electron chi connectivity index (χ2n) is 4.99. The van der Waals surface area contributed by atoms with Crippen LogP contribution in [-0.2, 0) is 6.18 Å². The fraction of sp³-hybridized carbons (Fsp3) is 0.133. The van der Waals surface area contributed by atoms with Crippen LogP contribution in [0.15, 0.2) is 42.5 Å². The largest absolute Gasteiger partial charge is 0.508 e. The van der Waals surface area contributed by atoms with Crippen molar-refractivity contribution in [2.24, 2.45) is 11.6 Å². The van der Waals surface area contributed by atoms with Crippen molar-refractivity contribution in [3.8, 4) is 5.75 Å². The Balaban J connectivity index is 2.26. The molecular weight excluding hydrogens is 325 g/mol. The number of carbonyl (C=O) groups is 1. The van der Waals surface area contributed by atoms with Crippen molar-refractivity contribution >= 4 is 11.6 Å². The molecule has 0 radical (unpaired) electrons. The summed E-state index contributed by atoms with van der Waals surface area (Å²) in [6.07, 6.45) is -5.34. The average Bonchev–Trinajstić information content (AvgIpc) is 2.53. The normalized spacial score (nSPS) is 12.7. The number of halogens is 3. The quantitative estimate of drug-likeness (QED) is 0.332. The molecule has 128 valence electrons. The molecule has 2 aromatic carbocycles. The number of nitrogens with two attached hydrogens (primary N) is 2. The Hall–Kier alpha value is -2.62. The minimum atomic E-state index is -4.67. The van der Waals surface area contributed by atoms with Gasteiger partial charge in [-0.2, -0.15) is 13.2 Å². The first-order valence-corrected chi connectivity index (χ1v) is 6.75. The highest BCUT2D eigenvalue weighted by Crippen LogP contribution is 2.32. The van der Waals surface area contributed by atoms with E-state index in [2.05, 4.69) is 10.7 Å². The van der Waals surface area contributed by atoms with Crippen molar-refractivity contribution in [1.29, 1.82) is 0 Å². The molecule has 0 spiro atoms. The number of hydrazine groups is 1. The van der Waals surface area contributed by atoms with E-state index in [1.807, 2.05) is 0 Å². The maximum absolute atomic E-state index is 12.7. The summed E-state index contributed by atoms with van der Waals surface area (Å²) in [6, 6.07) is 8.48. The first-order valence-electron chi connectivity index (χ1n) is 6.75. The van der Waals surface area contributed by atoms with Crippen LogP contribution >= 0.6 is 0 Å². The van der Waals surface area contributed by atoms with Gasteiger partial charge >= 0.3 is 6.18 Å². The van der Waals surface area contributed by atoms with E-state index in [1.165, 1.54) is 12.1 Å². The summed E-state index contributed by atoms with van der Waals surface area (Å²) in [7, 11) is 0. The van der Waals surface area contributed by atoms with Crippen molar-refractivity contribution in [3.05, 3.63) is 59.2 Å². The Labute approximate surface area is 135 Å². The van der Waals surface area contributed by atoms with E-state index in [0.717, 1.165) is 6.07 Å². The van der Waals surface area contributed by atoms with E-state index in [9.17, 15) is 23.1 Å². The number of amides is 1. The molecule has 7 N–H and O–H groups in total. The van der Waals surface area contributed by atoms with Crippen LogP contribution in [0.2, 0.25) is 0 Å². The fourth-order valence-corrected chi connectivity index (χ4v) is 2.02. The predicted molar refractivity (Wildman–Crippen MR) is 81.8 cm³/mol. The summed E-state index contributed by atoms with van der Waals surface area (Å²) in [6.45, 7) is 0. The number of anilines is 1. The number of carbonyl (C=O) groups excluding carboxylic acids is 1. The molecule has 0 heterocycles. The van der Waals surface area contributed by atoms with Crippen molar-refractivity contribution in [3.63, 3.8) is 0 Å². The third-order valence-electron chi connectivity index (χ3n) is 3.19. The number of phenols is 1. The van der Waals surface area contributed by atoms with E-state index in [0.29, 0.717) is 23.4 Å². The number of hydrogen-bond donors (Lipinski definition) is 5. The van der Waals surface area contributed by atoms with Gasteiger partial charge in [-0.25, -0.2) is 5.43 Å². The lowest BCUT2D eigenvalue weighted by Crippen LogP contribution is -2.34. The molecular formula is C15H15F3N4O2. The Bertz CT molecular complexity index is 750. The molecule has 0 fully saturated rings. The molecule has 0 saturated carbocycles. The van der Waals surface area contributed by atoms with Crippen LogP contribution in [0.4, 0.5) is 18.9 Å². The van der Waals surface area contributed by atoms with Gasteiger partial charge < -0.3 is 16.2 Å². The van der Waals surface area contributed by atoms with Gasteiger partial charge in [0.05, 0.1) is 11.7 Å². The highest BCUT2D eigenvalue weighted by Gasteiger charge is 2.31. The van der Waals surface area contributed by atoms with Crippen LogP contribution in [0.1, 0.15) is 27.7 Å². The summed E-state index contributed by atoms with van der Waals surface area (Å²) >= 11 is 0. The highest BCUT2D eigenvalue weighted by molar-refractivity contribution is 6.04. The zero-order chi connectivity index (χ0) is 17.9. The molecule has 6 nitrogen and oxygen atoms in total. The van der Waals surface area contributed by atoms with E-state index >= 15 is 0 Å². The monoisotopic (exact) mass is 340 g/mol. The maximum atomic E-state index is 12.7. The van der Waals surface area contributed by atoms with Crippen LogP contribution < -0.4 is 22.3 Å². The van der Waals surface area contributed by atoms with Crippen LogP contribution in [0.3, 0.4) is 0 Å². The highest BCUT2D eigenvalue weighted by atomic mass is 19.4. The van der Waals surface area contributed by atoms with Crippen molar-refractivity contribution in [1.82, 2.24) is 5.43 Å². The minimum Gasteiger partial charge on any atom is -0.508 e. The molecule has 0 saturated heterocycles. The number of aromatic hydroxyl groups is 1. The molecule has 24 heavy (non-hydrogen) atoms. The smallest absolute Gasteiger partial charge is 0.416 e. The lowest BCUT2D eigenvalue weighted by molar-refractivity contribution is -0.137. The Morgan fingerprint density at radius 1 is 1.17 bits per heavy atom. The maximum Gasteiger partial charge on any atom is 0.416 e. The molecule has 2 rings (SSSR count). The second kappa shape index (κ2) is 6.87. The van der Waals surface area contributed by atoms with Gasteiger partial charge in [-0.05, 0) is 35.9 Å². The SMILES string of the molecule is NNC(N)c1cccc(NC(=O)c2cc(O)cc(C(F)(F)F)c2)c1. The molecule has 0 aromatic heterocycles. The van der Waals surface area contributed by atoms with E-state index in [4.69, 9.17) is 11.6 Å². The summed E-state index contributed by atoms with van der Waals surface area (Å²) in [5, 5.41) is 11.8. The van der Waals surface area contributed by atoms with Crippen LogP contribution in [-0.4, -0.2) is 11.0 Å². The van der Waals surface area contributed by atoms with Crippen LogP contribution in [0, 0.1) is 0 Å². The van der Waals surface area contributed by atoms with Crippen LogP contribution in [0.5, 0.6) is 5.75 Å². The van der Waals surface area contributed by atoms with Crippen molar-refractivity contribution < 1.29 is 23.1 Å². The lowest BCUT2D eigenvalue weighted by Gasteiger charge is -2.13. The number of hydrogen-bond acceptors (Lipinski definition) is 5. The predicted octanol–water partition coefficient (Wildman–Crippen LogP) is 2.08. The third kappa shape index (κ3) is 4.22. The van der Waals surface area contributed by atoms with Gasteiger partial charge in [-0.1, -0.05) is 12.1 Å². The molecule has 0 aliphatic rings. The fourth-order valence-electron chi connectivity index (χ4n) is 2.02. The minimum absolute atomic E-state index is 0.320. The lowest BCUT2D eigenvalue weighted by atomic mass is 10.1. The standard InChI is InChI=1S/C15H15F3N4O2/c16-15(17,18)10-4-9(6-12(23)7-10)14(24)21-11-3-1-2-8(5-11)13(19)22-20/h1-7,13,22-23H,19-20H2,(H,21,24). The topological polar surface area (TPSA) is 113 Å². The summed E-state index contributed by atoms with van der Waals surface area (Å²) in [5.41, 5.74) is 7.47. The Morgan fingerprint density at radius 2 is 1.88 bits per heavy atom. The first-order chi connectivity index (χ1) is 11.2. The summed E-state index contributed by atoms with van der Waals surface area (Å²) < 4.78 is 38.2. The first kappa shape index (κ1) is 17.7. The van der Waals surface area contributed by atoms with Crippen molar-refractivity contribution in [2.45, 2.75) is 12.3 Å². The van der Waals surface area contributed by atoms with Gasteiger partial charge in [-0.3, -0.25) is 10.6 Å². The molecule has 0 aliphatic heterocycles. The van der Waals surface area contributed by atoms with E-state index < -0.39 is 29.6 Å². The molecule has 2 aromatic rings. The zero-order valence-electron chi connectivity index (χ0n) is 12.3. The van der Waals surface area contributed by atoms with Gasteiger partial charge in [-0.15, -0.1) is 0 Å². The molecule has 0 aliphatic carbocycles. The molecule has 9 heteroatoms. The second-order valence-corrected chi connectivity index (χ2v) is 4.99. The average molecular weight is 340 g/mol. The number of benzene rings is 2. The number of alkyl halides is 3. The number of phenolic OH excluding ortho intramolecular Hbond substituents is 1. The number of nitrogens with one attached hydrogen (secondary N) is 2. The van der Waals surface area contributed by atoms with Crippen LogP contribution in [0.25, 0.3) is 0 Å². The van der Waals surface area contributed by atoms with Gasteiger partial charge in [0.15, 0.2) is 0 Å². The van der Waals surface area contributed by atoms with Gasteiger partial charge in [0.25, 0.3) is 5.91 Å². The van der Waals surface area contributed by atoms with Gasteiger partial charge in [0.2, 0.25) is 0 Å². The van der Waals surface area contributed by atoms with E-state index in [1.54, 1.807) is 12.1 Å². The summed E-state index contributed by atoms with van der Waals surface area (Å²) in [5.74, 6) is 3.77. The molecule has 1 amide bonds. The van der Waals surface area contributed by atoms with Gasteiger partial charge in [0.1, 0.15) is 5.75 Å². The third-order valence-corrected chi connectivity index (χ3v) is 3.19. The molecule has 1 unspecified atom stereocenters. The number of rotatable bonds is 4. The Morgan fingerprint density at radius 3 is 2.50 bits per heavy atom. The summed E-state index contributed by atoms with van der Waals surface area (Å²) in [4.78, 5) is 12.1. The van der Waals surface area contributed by atoms with E-state index in [-0.39, 0.29) is 5.56 Å². The molecule has 0 bridgehead atoms. The molecule has 1 atom stereocenters. The van der Waals surface area contributed by atoms with Gasteiger partial charge in [0, 0.05) is 11.3 Å².